The van der Waals surface area contributed by atoms with Crippen molar-refractivity contribution >= 4 is 11.8 Å². The minimum atomic E-state index is -1.16. The van der Waals surface area contributed by atoms with E-state index in [4.69, 9.17) is 4.74 Å². The molecule has 2 amide bonds. The molecule has 1 fully saturated rings. The zero-order valence-corrected chi connectivity index (χ0v) is 18.4. The van der Waals surface area contributed by atoms with Crippen LogP contribution in [0.1, 0.15) is 21.5 Å². The molecule has 1 N–H and O–H groups in total. The van der Waals surface area contributed by atoms with Gasteiger partial charge in [0.25, 0.3) is 11.8 Å². The van der Waals surface area contributed by atoms with Gasteiger partial charge in [0.15, 0.2) is 5.60 Å². The maximum atomic E-state index is 13.0. The monoisotopic (exact) mass is 429 g/mol. The Morgan fingerprint density at radius 3 is 2.62 bits per heavy atom. The third-order valence-electron chi connectivity index (χ3n) is 5.82. The van der Waals surface area contributed by atoms with E-state index in [2.05, 4.69) is 53.6 Å². The Balaban J connectivity index is 1.61. The van der Waals surface area contributed by atoms with Crippen LogP contribution in [-0.4, -0.2) is 54.0 Å². The summed E-state index contributed by atoms with van der Waals surface area (Å²) in [5.41, 5.74) is 3.72. The van der Waals surface area contributed by atoms with Crippen molar-refractivity contribution < 1.29 is 14.3 Å². The van der Waals surface area contributed by atoms with Gasteiger partial charge >= 0.3 is 0 Å². The van der Waals surface area contributed by atoms with E-state index >= 15 is 0 Å². The van der Waals surface area contributed by atoms with Gasteiger partial charge in [-0.15, -0.1) is 0 Å². The predicted octanol–water partition coefficient (Wildman–Crippen LogP) is 3.26. The Morgan fingerprint density at radius 2 is 1.91 bits per heavy atom. The van der Waals surface area contributed by atoms with Crippen molar-refractivity contribution in [2.24, 2.45) is 0 Å². The number of hydrogen-bond donors (Lipinski definition) is 1. The molecule has 0 bridgehead atoms. The van der Waals surface area contributed by atoms with Crippen LogP contribution in [0.2, 0.25) is 0 Å². The molecule has 1 aliphatic heterocycles. The minimum absolute atomic E-state index is 0.150. The quantitative estimate of drug-likeness (QED) is 0.676. The molecule has 1 saturated heterocycles. The maximum absolute atomic E-state index is 13.0. The highest BCUT2D eigenvalue weighted by atomic mass is 16.5. The zero-order valence-electron chi connectivity index (χ0n) is 18.4. The van der Waals surface area contributed by atoms with Crippen LogP contribution in [0.4, 0.5) is 0 Å². The molecule has 3 aromatic rings. The van der Waals surface area contributed by atoms with Gasteiger partial charge in [0.1, 0.15) is 0 Å². The van der Waals surface area contributed by atoms with Crippen LogP contribution < -0.4 is 5.32 Å². The van der Waals surface area contributed by atoms with E-state index in [0.29, 0.717) is 18.5 Å². The molecule has 1 aliphatic rings. The summed E-state index contributed by atoms with van der Waals surface area (Å²) in [6.07, 6.45) is 3.54. The number of hydrogen-bond acceptors (Lipinski definition) is 4. The number of carbonyl (C=O) groups excluding carboxylic acids is 2. The number of pyridine rings is 1. The highest BCUT2D eigenvalue weighted by Gasteiger charge is 2.44. The molecule has 2 aromatic carbocycles. The molecule has 6 nitrogen and oxygen atoms in total. The number of aryl methyl sites for hydroxylation is 1. The standard InChI is InChI=1S/C26H27N3O3/c1-19-8-10-21(11-9-19)22-6-3-5-20(15-22)16-26(25(31)27-2)18-29(13-14-32-26)24(30)23-7-4-12-28-17-23/h3-12,15,17H,13-14,16,18H2,1-2H3,(H,27,31)/t26-/m0/s1. The molecule has 0 unspecified atom stereocenters. The summed E-state index contributed by atoms with van der Waals surface area (Å²) >= 11 is 0. The summed E-state index contributed by atoms with van der Waals surface area (Å²) in [5, 5.41) is 2.73. The first-order chi connectivity index (χ1) is 15.5. The molecule has 0 radical (unpaired) electrons. The van der Waals surface area contributed by atoms with Crippen LogP contribution in [0.25, 0.3) is 11.1 Å². The fourth-order valence-corrected chi connectivity index (χ4v) is 4.12. The molecule has 164 valence electrons. The second-order valence-electron chi connectivity index (χ2n) is 8.13. The summed E-state index contributed by atoms with van der Waals surface area (Å²) in [5.74, 6) is -0.384. The number of nitrogens with zero attached hydrogens (tertiary/aromatic N) is 2. The van der Waals surface area contributed by atoms with Gasteiger partial charge in [-0.2, -0.15) is 0 Å². The van der Waals surface area contributed by atoms with Gasteiger partial charge in [-0.05, 0) is 35.7 Å². The van der Waals surface area contributed by atoms with Gasteiger partial charge in [0.2, 0.25) is 0 Å². The van der Waals surface area contributed by atoms with Crippen molar-refractivity contribution in [1.82, 2.24) is 15.2 Å². The van der Waals surface area contributed by atoms with E-state index in [-0.39, 0.29) is 25.0 Å². The molecule has 2 heterocycles. The van der Waals surface area contributed by atoms with E-state index in [9.17, 15) is 9.59 Å². The molecule has 0 spiro atoms. The average Bonchev–Trinajstić information content (AvgIpc) is 2.84. The Bertz CT molecular complexity index is 1100. The third kappa shape index (κ3) is 4.55. The highest BCUT2D eigenvalue weighted by Crippen LogP contribution is 2.28. The van der Waals surface area contributed by atoms with E-state index in [1.807, 2.05) is 12.1 Å². The van der Waals surface area contributed by atoms with Crippen LogP contribution in [0.5, 0.6) is 0 Å². The van der Waals surface area contributed by atoms with Gasteiger partial charge in [0, 0.05) is 32.4 Å². The first-order valence-corrected chi connectivity index (χ1v) is 10.7. The molecule has 32 heavy (non-hydrogen) atoms. The average molecular weight is 430 g/mol. The zero-order chi connectivity index (χ0) is 22.6. The number of aromatic nitrogens is 1. The highest BCUT2D eigenvalue weighted by molar-refractivity contribution is 5.95. The van der Waals surface area contributed by atoms with Gasteiger partial charge in [0.05, 0.1) is 18.7 Å². The van der Waals surface area contributed by atoms with Crippen molar-refractivity contribution in [3.63, 3.8) is 0 Å². The SMILES string of the molecule is CNC(=O)[C@]1(Cc2cccc(-c3ccc(C)cc3)c2)CN(C(=O)c2cccnc2)CCO1. The van der Waals surface area contributed by atoms with E-state index in [0.717, 1.165) is 16.7 Å². The number of likely N-dealkylation sites (N-methyl/N-ethyl adjacent to an activating group) is 1. The second-order valence-corrected chi connectivity index (χ2v) is 8.13. The summed E-state index contributed by atoms with van der Waals surface area (Å²) in [6, 6.07) is 19.9. The Kier molecular flexibility index (Phi) is 6.32. The fourth-order valence-electron chi connectivity index (χ4n) is 4.12. The summed E-state index contributed by atoms with van der Waals surface area (Å²) in [6.45, 7) is 2.95. The van der Waals surface area contributed by atoms with Crippen molar-refractivity contribution in [3.05, 3.63) is 89.7 Å². The van der Waals surface area contributed by atoms with Crippen LogP contribution in [0, 0.1) is 6.92 Å². The van der Waals surface area contributed by atoms with Crippen LogP contribution in [0.3, 0.4) is 0 Å². The Labute approximate surface area is 188 Å². The lowest BCUT2D eigenvalue weighted by molar-refractivity contribution is -0.156. The maximum Gasteiger partial charge on any atom is 0.255 e. The third-order valence-corrected chi connectivity index (χ3v) is 5.82. The molecule has 6 heteroatoms. The van der Waals surface area contributed by atoms with E-state index in [1.165, 1.54) is 5.56 Å². The predicted molar refractivity (Wildman–Crippen MR) is 123 cm³/mol. The molecular weight excluding hydrogens is 402 g/mol. The van der Waals surface area contributed by atoms with Crippen molar-refractivity contribution in [1.29, 1.82) is 0 Å². The molecule has 0 saturated carbocycles. The normalized spacial score (nSPS) is 18.2. The number of benzene rings is 2. The van der Waals surface area contributed by atoms with Crippen LogP contribution in [-0.2, 0) is 16.0 Å². The van der Waals surface area contributed by atoms with Crippen LogP contribution >= 0.6 is 0 Å². The lowest BCUT2D eigenvalue weighted by atomic mass is 9.89. The van der Waals surface area contributed by atoms with Crippen molar-refractivity contribution in [2.45, 2.75) is 18.9 Å². The van der Waals surface area contributed by atoms with Gasteiger partial charge in [-0.1, -0.05) is 54.1 Å². The van der Waals surface area contributed by atoms with Gasteiger partial charge < -0.3 is 15.0 Å². The second kappa shape index (κ2) is 9.32. The number of rotatable bonds is 5. The number of morpholine rings is 1. The van der Waals surface area contributed by atoms with E-state index < -0.39 is 5.60 Å². The molecule has 1 aromatic heterocycles. The number of amides is 2. The topological polar surface area (TPSA) is 71.5 Å². The largest absolute Gasteiger partial charge is 0.361 e. The molecule has 0 aliphatic carbocycles. The van der Waals surface area contributed by atoms with Gasteiger partial charge in [-0.3, -0.25) is 14.6 Å². The molecule has 1 atom stereocenters. The van der Waals surface area contributed by atoms with Crippen molar-refractivity contribution in [2.75, 3.05) is 26.7 Å². The number of ether oxygens (including phenoxy) is 1. The summed E-state index contributed by atoms with van der Waals surface area (Å²) in [7, 11) is 1.60. The van der Waals surface area contributed by atoms with E-state index in [1.54, 1.807) is 36.5 Å². The lowest BCUT2D eigenvalue weighted by Gasteiger charge is -2.41. The Morgan fingerprint density at radius 1 is 1.09 bits per heavy atom. The van der Waals surface area contributed by atoms with Gasteiger partial charge in [-0.25, -0.2) is 0 Å². The summed E-state index contributed by atoms with van der Waals surface area (Å²) < 4.78 is 6.08. The molecule has 4 rings (SSSR count). The Hall–Kier alpha value is -3.51. The number of nitrogens with one attached hydrogen (secondary N) is 1. The fraction of sp³-hybridized carbons (Fsp3) is 0.269. The number of carbonyl (C=O) groups is 2. The summed E-state index contributed by atoms with van der Waals surface area (Å²) in [4.78, 5) is 31.7. The lowest BCUT2D eigenvalue weighted by Crippen LogP contribution is -2.61. The van der Waals surface area contributed by atoms with Crippen LogP contribution in [0.15, 0.2) is 73.1 Å². The minimum Gasteiger partial charge on any atom is -0.361 e. The first-order valence-electron chi connectivity index (χ1n) is 10.7. The smallest absolute Gasteiger partial charge is 0.255 e. The van der Waals surface area contributed by atoms with Crippen molar-refractivity contribution in [3.8, 4) is 11.1 Å². The molecular formula is C26H27N3O3. The first kappa shape index (κ1) is 21.7.